The molecule has 96 valence electrons. The maximum Gasteiger partial charge on any atom is 0.0643 e. The number of hydrazine groups is 1. The predicted octanol–water partition coefficient (Wildman–Crippen LogP) is 1.18. The van der Waals surface area contributed by atoms with Gasteiger partial charge in [0.25, 0.3) is 0 Å². The van der Waals surface area contributed by atoms with Crippen LogP contribution in [0, 0.1) is 13.8 Å². The molecule has 2 aromatic heterocycles. The fourth-order valence-electron chi connectivity index (χ4n) is 2.11. The molecule has 0 saturated carbocycles. The van der Waals surface area contributed by atoms with Crippen molar-refractivity contribution in [3.8, 4) is 0 Å². The minimum atomic E-state index is 0.0352. The molecule has 0 aliphatic carbocycles. The minimum absolute atomic E-state index is 0.0352. The summed E-state index contributed by atoms with van der Waals surface area (Å²) in [5.41, 5.74) is 7.01. The molecule has 0 aliphatic rings. The monoisotopic (exact) mass is 245 g/mol. The summed E-state index contributed by atoms with van der Waals surface area (Å²) in [5.74, 6) is 5.65. The average molecular weight is 245 g/mol. The first kappa shape index (κ1) is 12.7. The summed E-state index contributed by atoms with van der Waals surface area (Å²) < 4.78 is 1.79. The highest BCUT2D eigenvalue weighted by atomic mass is 15.3. The van der Waals surface area contributed by atoms with Crippen molar-refractivity contribution in [2.45, 2.75) is 26.3 Å². The minimum Gasteiger partial charge on any atom is -0.276 e. The lowest BCUT2D eigenvalue weighted by Gasteiger charge is -2.17. The van der Waals surface area contributed by atoms with Gasteiger partial charge in [-0.2, -0.15) is 5.10 Å². The van der Waals surface area contributed by atoms with Gasteiger partial charge < -0.3 is 0 Å². The second kappa shape index (κ2) is 5.29. The molecular weight excluding hydrogens is 226 g/mol. The van der Waals surface area contributed by atoms with Crippen LogP contribution in [0.4, 0.5) is 0 Å². The van der Waals surface area contributed by atoms with E-state index in [-0.39, 0.29) is 6.04 Å². The van der Waals surface area contributed by atoms with E-state index < -0.39 is 0 Å². The summed E-state index contributed by atoms with van der Waals surface area (Å²) in [4.78, 5) is 4.47. The third-order valence-corrected chi connectivity index (χ3v) is 3.02. The predicted molar refractivity (Wildman–Crippen MR) is 70.7 cm³/mol. The van der Waals surface area contributed by atoms with Gasteiger partial charge in [-0.1, -0.05) is 6.07 Å². The molecule has 0 fully saturated rings. The van der Waals surface area contributed by atoms with Gasteiger partial charge in [0, 0.05) is 31.1 Å². The molecule has 0 amide bonds. The van der Waals surface area contributed by atoms with Crippen LogP contribution in [-0.4, -0.2) is 14.8 Å². The van der Waals surface area contributed by atoms with Crippen molar-refractivity contribution < 1.29 is 0 Å². The van der Waals surface area contributed by atoms with E-state index in [1.807, 2.05) is 39.2 Å². The molecule has 0 saturated heterocycles. The Labute approximate surface area is 107 Å². The van der Waals surface area contributed by atoms with Crippen LogP contribution in [0.5, 0.6) is 0 Å². The van der Waals surface area contributed by atoms with E-state index in [4.69, 9.17) is 5.84 Å². The van der Waals surface area contributed by atoms with Crippen molar-refractivity contribution in [3.63, 3.8) is 0 Å². The first-order chi connectivity index (χ1) is 8.60. The molecule has 1 unspecified atom stereocenters. The van der Waals surface area contributed by atoms with Crippen LogP contribution in [0.2, 0.25) is 0 Å². The van der Waals surface area contributed by atoms with Crippen molar-refractivity contribution in [1.29, 1.82) is 0 Å². The highest BCUT2D eigenvalue weighted by molar-refractivity contribution is 5.26. The molecule has 18 heavy (non-hydrogen) atoms. The van der Waals surface area contributed by atoms with Gasteiger partial charge in [0.15, 0.2) is 0 Å². The molecule has 2 aromatic rings. The molecule has 2 heterocycles. The summed E-state index contributed by atoms with van der Waals surface area (Å²) in [6.45, 7) is 3.99. The molecule has 0 bridgehead atoms. The van der Waals surface area contributed by atoms with E-state index in [1.54, 1.807) is 4.68 Å². The van der Waals surface area contributed by atoms with Gasteiger partial charge in [0.05, 0.1) is 11.7 Å². The van der Waals surface area contributed by atoms with E-state index in [0.29, 0.717) is 0 Å². The summed E-state index contributed by atoms with van der Waals surface area (Å²) in [6, 6.07) is 6.12. The third-order valence-electron chi connectivity index (χ3n) is 3.02. The zero-order valence-corrected chi connectivity index (χ0v) is 11.0. The third kappa shape index (κ3) is 2.75. The number of nitrogens with one attached hydrogen (secondary N) is 1. The standard InChI is InChI=1S/C13H19N5/c1-9-4-5-12(10(2)15-9)13(16-14)8-11-6-7-18(3)17-11/h4-7,13,16H,8,14H2,1-3H3. The number of hydrogen-bond donors (Lipinski definition) is 2. The number of rotatable bonds is 4. The second-order valence-corrected chi connectivity index (χ2v) is 4.53. The van der Waals surface area contributed by atoms with Crippen LogP contribution in [0.3, 0.4) is 0 Å². The Hall–Kier alpha value is -1.72. The fraction of sp³-hybridized carbons (Fsp3) is 0.385. The summed E-state index contributed by atoms with van der Waals surface area (Å²) >= 11 is 0. The molecule has 0 radical (unpaired) electrons. The Balaban J connectivity index is 2.22. The largest absolute Gasteiger partial charge is 0.276 e. The van der Waals surface area contributed by atoms with Crippen molar-refractivity contribution in [2.24, 2.45) is 12.9 Å². The molecule has 2 rings (SSSR count). The first-order valence-electron chi connectivity index (χ1n) is 5.99. The number of aryl methyl sites for hydroxylation is 3. The van der Waals surface area contributed by atoms with E-state index in [9.17, 15) is 0 Å². The normalized spacial score (nSPS) is 12.7. The molecule has 0 spiro atoms. The Morgan fingerprint density at radius 1 is 1.33 bits per heavy atom. The topological polar surface area (TPSA) is 68.8 Å². The van der Waals surface area contributed by atoms with E-state index in [0.717, 1.165) is 29.1 Å². The van der Waals surface area contributed by atoms with Gasteiger partial charge >= 0.3 is 0 Å². The summed E-state index contributed by atoms with van der Waals surface area (Å²) in [6.07, 6.45) is 2.69. The van der Waals surface area contributed by atoms with Gasteiger partial charge in [-0.15, -0.1) is 0 Å². The van der Waals surface area contributed by atoms with Crippen LogP contribution in [-0.2, 0) is 13.5 Å². The molecule has 0 aromatic carbocycles. The molecule has 0 aliphatic heterocycles. The highest BCUT2D eigenvalue weighted by Crippen LogP contribution is 2.19. The van der Waals surface area contributed by atoms with E-state index in [1.165, 1.54) is 0 Å². The second-order valence-electron chi connectivity index (χ2n) is 4.53. The smallest absolute Gasteiger partial charge is 0.0643 e. The number of nitrogens with zero attached hydrogens (tertiary/aromatic N) is 3. The van der Waals surface area contributed by atoms with Gasteiger partial charge in [-0.05, 0) is 31.5 Å². The highest BCUT2D eigenvalue weighted by Gasteiger charge is 2.15. The molecule has 5 heteroatoms. The fourth-order valence-corrected chi connectivity index (χ4v) is 2.11. The van der Waals surface area contributed by atoms with Gasteiger partial charge in [-0.3, -0.25) is 20.9 Å². The number of aromatic nitrogens is 3. The number of pyridine rings is 1. The molecule has 5 nitrogen and oxygen atoms in total. The zero-order chi connectivity index (χ0) is 13.1. The summed E-state index contributed by atoms with van der Waals surface area (Å²) in [5, 5.41) is 4.37. The first-order valence-corrected chi connectivity index (χ1v) is 5.99. The van der Waals surface area contributed by atoms with Crippen LogP contribution in [0.1, 0.15) is 28.7 Å². The van der Waals surface area contributed by atoms with E-state index in [2.05, 4.69) is 21.6 Å². The van der Waals surface area contributed by atoms with E-state index >= 15 is 0 Å². The van der Waals surface area contributed by atoms with Crippen molar-refractivity contribution >= 4 is 0 Å². The Morgan fingerprint density at radius 2 is 2.11 bits per heavy atom. The molecule has 3 N–H and O–H groups in total. The van der Waals surface area contributed by atoms with Gasteiger partial charge in [-0.25, -0.2) is 0 Å². The Morgan fingerprint density at radius 3 is 2.67 bits per heavy atom. The summed E-state index contributed by atoms with van der Waals surface area (Å²) in [7, 11) is 1.91. The molecule has 1 atom stereocenters. The van der Waals surface area contributed by atoms with Crippen LogP contribution < -0.4 is 11.3 Å². The van der Waals surface area contributed by atoms with Crippen molar-refractivity contribution in [1.82, 2.24) is 20.2 Å². The lowest BCUT2D eigenvalue weighted by atomic mass is 10.0. The van der Waals surface area contributed by atoms with Crippen molar-refractivity contribution in [3.05, 3.63) is 47.0 Å². The lowest BCUT2D eigenvalue weighted by Crippen LogP contribution is -2.30. The average Bonchev–Trinajstić information content (AvgIpc) is 2.72. The number of hydrogen-bond acceptors (Lipinski definition) is 4. The zero-order valence-electron chi connectivity index (χ0n) is 11.0. The van der Waals surface area contributed by atoms with Gasteiger partial charge in [0.2, 0.25) is 0 Å². The lowest BCUT2D eigenvalue weighted by molar-refractivity contribution is 0.536. The SMILES string of the molecule is Cc1ccc(C(Cc2ccn(C)n2)NN)c(C)n1. The number of nitrogens with two attached hydrogens (primary N) is 1. The Kier molecular flexibility index (Phi) is 3.74. The van der Waals surface area contributed by atoms with Crippen LogP contribution in [0.15, 0.2) is 24.4 Å². The van der Waals surface area contributed by atoms with Crippen molar-refractivity contribution in [2.75, 3.05) is 0 Å². The maximum absolute atomic E-state index is 5.65. The maximum atomic E-state index is 5.65. The quantitative estimate of drug-likeness (QED) is 0.627. The Bertz CT molecular complexity index is 532. The van der Waals surface area contributed by atoms with Gasteiger partial charge in [0.1, 0.15) is 0 Å². The van der Waals surface area contributed by atoms with Crippen LogP contribution in [0.25, 0.3) is 0 Å². The molecular formula is C13H19N5. The van der Waals surface area contributed by atoms with Crippen LogP contribution >= 0.6 is 0 Å².